The Hall–Kier alpha value is -0.700. The minimum atomic E-state index is -0.504. The van der Waals surface area contributed by atoms with Gasteiger partial charge in [-0.1, -0.05) is 27.7 Å². The van der Waals surface area contributed by atoms with Crippen LogP contribution in [0.1, 0.15) is 34.1 Å². The number of carbonyl (C=O) groups is 1. The Morgan fingerprint density at radius 1 is 1.21 bits per heavy atom. The van der Waals surface area contributed by atoms with E-state index in [9.17, 15) is 9.90 Å². The molecule has 3 nitrogen and oxygen atoms in total. The molecule has 82 valence electrons. The Kier molecular flexibility index (Phi) is 3.29. The van der Waals surface area contributed by atoms with Crippen LogP contribution in [-0.2, 0) is 4.79 Å². The molecule has 0 heterocycles. The summed E-state index contributed by atoms with van der Waals surface area (Å²) in [7, 11) is 0. The maximum Gasteiger partial charge on any atom is 0.204 e. The minimum Gasteiger partial charge on any atom is -0.503 e. The lowest BCUT2D eigenvalue weighted by Gasteiger charge is -2.38. The molecule has 0 aromatic carbocycles. The molecule has 1 rings (SSSR count). The van der Waals surface area contributed by atoms with Crippen molar-refractivity contribution in [3.05, 3.63) is 11.5 Å². The van der Waals surface area contributed by atoms with Crippen LogP contribution in [0.25, 0.3) is 0 Å². The molecule has 0 unspecified atom stereocenters. The number of ketones is 1. The van der Waals surface area contributed by atoms with E-state index in [-0.39, 0.29) is 29.4 Å². The first-order valence-electron chi connectivity index (χ1n) is 4.42. The van der Waals surface area contributed by atoms with Crippen molar-refractivity contribution in [3.63, 3.8) is 0 Å². The number of Topliss-reactive ketones (excluding diaryl/α,β-unsaturated/α-hetero) is 1. The Morgan fingerprint density at radius 3 is 2.07 bits per heavy atom. The average Bonchev–Trinajstić information content (AvgIpc) is 1.96. The largest absolute Gasteiger partial charge is 0.503 e. The van der Waals surface area contributed by atoms with Gasteiger partial charge < -0.3 is 10.8 Å². The van der Waals surface area contributed by atoms with E-state index >= 15 is 0 Å². The Balaban J connectivity index is 0.00000169. The summed E-state index contributed by atoms with van der Waals surface area (Å²) in [5, 5.41) is 9.52. The van der Waals surface area contributed by atoms with E-state index in [1.807, 2.05) is 27.7 Å². The third kappa shape index (κ3) is 1.87. The van der Waals surface area contributed by atoms with Gasteiger partial charge in [0.05, 0.1) is 5.70 Å². The molecule has 0 amide bonds. The fourth-order valence-corrected chi connectivity index (χ4v) is 2.04. The molecule has 0 fully saturated rings. The molecule has 4 heteroatoms. The summed E-state index contributed by atoms with van der Waals surface area (Å²) in [4.78, 5) is 11.6. The molecule has 1 aliphatic rings. The Bertz CT molecular complexity index is 292. The normalized spacial score (nSPS) is 24.4. The van der Waals surface area contributed by atoms with Crippen molar-refractivity contribution in [2.75, 3.05) is 0 Å². The molecule has 0 radical (unpaired) electrons. The summed E-state index contributed by atoms with van der Waals surface area (Å²) in [6.07, 6.45) is 0.675. The second-order valence-corrected chi connectivity index (χ2v) is 5.04. The number of allylic oxidation sites excluding steroid dienone is 2. The number of rotatable bonds is 0. The van der Waals surface area contributed by atoms with Crippen LogP contribution in [0.3, 0.4) is 0 Å². The SMILES string of the molecule is CC1(C)CC(C)(C)C(N)=C(O)C1=O.Cl. The van der Waals surface area contributed by atoms with Crippen molar-refractivity contribution in [1.82, 2.24) is 0 Å². The lowest BCUT2D eigenvalue weighted by atomic mass is 9.66. The van der Waals surface area contributed by atoms with Gasteiger partial charge >= 0.3 is 0 Å². The third-order valence-corrected chi connectivity index (χ3v) is 2.70. The van der Waals surface area contributed by atoms with Gasteiger partial charge in [0.25, 0.3) is 0 Å². The molecule has 0 spiro atoms. The maximum absolute atomic E-state index is 11.6. The van der Waals surface area contributed by atoms with Gasteiger partial charge in [0.1, 0.15) is 0 Å². The van der Waals surface area contributed by atoms with E-state index in [0.717, 1.165) is 0 Å². The number of halogens is 1. The summed E-state index contributed by atoms with van der Waals surface area (Å²) in [6.45, 7) is 7.54. The first-order chi connectivity index (χ1) is 5.68. The zero-order valence-electron chi connectivity index (χ0n) is 9.05. The number of aliphatic hydroxyl groups excluding tert-OH is 1. The second-order valence-electron chi connectivity index (χ2n) is 5.04. The zero-order valence-corrected chi connectivity index (χ0v) is 9.86. The van der Waals surface area contributed by atoms with Crippen LogP contribution in [0.15, 0.2) is 11.5 Å². The van der Waals surface area contributed by atoms with Crippen LogP contribution in [0.2, 0.25) is 0 Å². The monoisotopic (exact) mass is 219 g/mol. The zero-order chi connectivity index (χ0) is 10.4. The quantitative estimate of drug-likeness (QED) is 0.656. The van der Waals surface area contributed by atoms with Crippen molar-refractivity contribution in [3.8, 4) is 0 Å². The van der Waals surface area contributed by atoms with Crippen LogP contribution in [0, 0.1) is 10.8 Å². The van der Waals surface area contributed by atoms with Gasteiger partial charge in [0.15, 0.2) is 5.76 Å². The highest BCUT2D eigenvalue weighted by atomic mass is 35.5. The topological polar surface area (TPSA) is 63.3 Å². The van der Waals surface area contributed by atoms with Crippen LogP contribution < -0.4 is 5.73 Å². The highest BCUT2D eigenvalue weighted by Gasteiger charge is 2.44. The molecule has 3 N–H and O–H groups in total. The van der Waals surface area contributed by atoms with Crippen LogP contribution in [-0.4, -0.2) is 10.9 Å². The molecule has 0 saturated heterocycles. The van der Waals surface area contributed by atoms with E-state index in [0.29, 0.717) is 12.1 Å². The number of hydrogen-bond donors (Lipinski definition) is 2. The molecular formula is C10H18ClNO2. The smallest absolute Gasteiger partial charge is 0.204 e. The van der Waals surface area contributed by atoms with Gasteiger partial charge in [-0.05, 0) is 6.42 Å². The summed E-state index contributed by atoms with van der Waals surface area (Å²) in [5.41, 5.74) is 5.20. The maximum atomic E-state index is 11.6. The Labute approximate surface area is 90.8 Å². The lowest BCUT2D eigenvalue weighted by molar-refractivity contribution is -0.128. The molecule has 0 aromatic heterocycles. The van der Waals surface area contributed by atoms with Crippen LogP contribution >= 0.6 is 12.4 Å². The van der Waals surface area contributed by atoms with E-state index < -0.39 is 5.41 Å². The number of nitrogens with two attached hydrogens (primary N) is 1. The fourth-order valence-electron chi connectivity index (χ4n) is 2.04. The molecule has 1 aliphatic carbocycles. The summed E-state index contributed by atoms with van der Waals surface area (Å²) >= 11 is 0. The molecule has 0 atom stereocenters. The first-order valence-corrected chi connectivity index (χ1v) is 4.42. The van der Waals surface area contributed by atoms with Crippen molar-refractivity contribution in [1.29, 1.82) is 0 Å². The second kappa shape index (κ2) is 3.46. The molecule has 0 saturated carbocycles. The van der Waals surface area contributed by atoms with Gasteiger partial charge in [-0.25, -0.2) is 0 Å². The molecule has 14 heavy (non-hydrogen) atoms. The predicted octanol–water partition coefficient (Wildman–Crippen LogP) is 2.16. The van der Waals surface area contributed by atoms with Gasteiger partial charge in [0.2, 0.25) is 5.78 Å². The van der Waals surface area contributed by atoms with Crippen molar-refractivity contribution >= 4 is 18.2 Å². The van der Waals surface area contributed by atoms with Crippen LogP contribution in [0.4, 0.5) is 0 Å². The number of carbonyl (C=O) groups excluding carboxylic acids is 1. The van der Waals surface area contributed by atoms with Crippen LogP contribution in [0.5, 0.6) is 0 Å². The van der Waals surface area contributed by atoms with Gasteiger partial charge in [-0.3, -0.25) is 4.79 Å². The summed E-state index contributed by atoms with van der Waals surface area (Å²) in [6, 6.07) is 0. The predicted molar refractivity (Wildman–Crippen MR) is 58.3 cm³/mol. The summed E-state index contributed by atoms with van der Waals surface area (Å²) in [5.74, 6) is -0.495. The standard InChI is InChI=1S/C10H17NO2.ClH/c1-9(2)5-10(3,4)8(13)6(12)7(9)11;/h12H,5,11H2,1-4H3;1H. The fraction of sp³-hybridized carbons (Fsp3) is 0.700. The summed E-state index contributed by atoms with van der Waals surface area (Å²) < 4.78 is 0. The number of aliphatic hydroxyl groups is 1. The van der Waals surface area contributed by atoms with Crippen molar-refractivity contribution in [2.45, 2.75) is 34.1 Å². The molecule has 0 aliphatic heterocycles. The van der Waals surface area contributed by atoms with E-state index in [2.05, 4.69) is 0 Å². The van der Waals surface area contributed by atoms with Gasteiger partial charge in [-0.15, -0.1) is 12.4 Å². The van der Waals surface area contributed by atoms with Gasteiger partial charge in [0, 0.05) is 10.8 Å². The average molecular weight is 220 g/mol. The van der Waals surface area contributed by atoms with E-state index in [4.69, 9.17) is 5.73 Å². The lowest BCUT2D eigenvalue weighted by Crippen LogP contribution is -2.41. The molecule has 0 aromatic rings. The molecular weight excluding hydrogens is 202 g/mol. The van der Waals surface area contributed by atoms with E-state index in [1.165, 1.54) is 0 Å². The van der Waals surface area contributed by atoms with Gasteiger partial charge in [-0.2, -0.15) is 0 Å². The minimum absolute atomic E-state index is 0. The van der Waals surface area contributed by atoms with E-state index in [1.54, 1.807) is 0 Å². The third-order valence-electron chi connectivity index (χ3n) is 2.70. The van der Waals surface area contributed by atoms with Crippen molar-refractivity contribution in [2.24, 2.45) is 16.6 Å². The van der Waals surface area contributed by atoms with Crippen molar-refractivity contribution < 1.29 is 9.90 Å². The number of hydrogen-bond acceptors (Lipinski definition) is 3. The highest BCUT2D eigenvalue weighted by Crippen LogP contribution is 2.44. The Morgan fingerprint density at radius 2 is 1.64 bits per heavy atom. The first kappa shape index (κ1) is 13.3. The molecule has 0 bridgehead atoms. The highest BCUT2D eigenvalue weighted by molar-refractivity contribution is 5.99.